The first-order chi connectivity index (χ1) is 16.8. The number of fused-ring (bicyclic) bond motifs is 2. The number of benzene rings is 3. The average molecular weight is 473 g/mol. The van der Waals surface area contributed by atoms with Gasteiger partial charge >= 0.3 is 0 Å². The zero-order chi connectivity index (χ0) is 24.9. The van der Waals surface area contributed by atoms with Gasteiger partial charge in [0.2, 0.25) is 0 Å². The van der Waals surface area contributed by atoms with Gasteiger partial charge in [0.25, 0.3) is 0 Å². The molecule has 8 nitrogen and oxygen atoms in total. The number of phenols is 1. The highest BCUT2D eigenvalue weighted by Crippen LogP contribution is 2.33. The lowest BCUT2D eigenvalue weighted by Gasteiger charge is -2.19. The van der Waals surface area contributed by atoms with E-state index in [0.717, 1.165) is 46.2 Å². The van der Waals surface area contributed by atoms with Crippen LogP contribution >= 0.6 is 0 Å². The van der Waals surface area contributed by atoms with Crippen LogP contribution in [-0.2, 0) is 6.54 Å². The number of aromatic nitrogens is 1. The topological polar surface area (TPSA) is 99.6 Å². The largest absolute Gasteiger partial charge is 0.508 e. The molecule has 3 N–H and O–H groups in total. The molecule has 4 rings (SSSR count). The lowest BCUT2D eigenvalue weighted by Crippen LogP contribution is -2.28. The Morgan fingerprint density at radius 2 is 1.63 bits per heavy atom. The summed E-state index contributed by atoms with van der Waals surface area (Å²) in [5, 5.41) is 20.8. The van der Waals surface area contributed by atoms with E-state index in [1.54, 1.807) is 12.1 Å². The summed E-state index contributed by atoms with van der Waals surface area (Å²) in [6.45, 7) is 5.01. The molecule has 182 valence electrons. The molecule has 0 aliphatic heterocycles. The van der Waals surface area contributed by atoms with Crippen molar-refractivity contribution < 1.29 is 9.84 Å². The number of anilines is 1. The molecule has 0 fully saturated rings. The van der Waals surface area contributed by atoms with Crippen molar-refractivity contribution in [2.45, 2.75) is 13.5 Å². The third-order valence-electron chi connectivity index (χ3n) is 5.79. The van der Waals surface area contributed by atoms with E-state index in [2.05, 4.69) is 20.0 Å². The van der Waals surface area contributed by atoms with Crippen LogP contribution in [0.1, 0.15) is 12.5 Å². The monoisotopic (exact) mass is 472 g/mol. The van der Waals surface area contributed by atoms with E-state index in [-0.39, 0.29) is 5.75 Å². The van der Waals surface area contributed by atoms with Gasteiger partial charge in [-0.3, -0.25) is 0 Å². The maximum Gasteiger partial charge on any atom is 0.120 e. The molecule has 8 heteroatoms. The first kappa shape index (κ1) is 24.4. The van der Waals surface area contributed by atoms with E-state index in [1.807, 2.05) is 70.5 Å². The fourth-order valence-corrected chi connectivity index (χ4v) is 3.88. The van der Waals surface area contributed by atoms with E-state index in [9.17, 15) is 5.11 Å². The van der Waals surface area contributed by atoms with Crippen LogP contribution in [0.4, 0.5) is 17.1 Å². The van der Waals surface area contributed by atoms with Gasteiger partial charge in [0, 0.05) is 36.0 Å². The Labute approximate surface area is 205 Å². The van der Waals surface area contributed by atoms with Gasteiger partial charge in [-0.2, -0.15) is 10.2 Å². The quantitative estimate of drug-likeness (QED) is 0.247. The molecule has 0 bridgehead atoms. The Morgan fingerprint density at radius 3 is 2.37 bits per heavy atom. The van der Waals surface area contributed by atoms with Crippen LogP contribution in [0.3, 0.4) is 0 Å². The van der Waals surface area contributed by atoms with Crippen LogP contribution in [0, 0.1) is 0 Å². The number of hydrogen-bond donors (Lipinski definition) is 2. The fourth-order valence-electron chi connectivity index (χ4n) is 3.88. The first-order valence-corrected chi connectivity index (χ1v) is 11.7. The number of aromatic hydroxyl groups is 1. The lowest BCUT2D eigenvalue weighted by atomic mass is 10.1. The van der Waals surface area contributed by atoms with Gasteiger partial charge < -0.3 is 25.4 Å². The summed E-state index contributed by atoms with van der Waals surface area (Å²) in [5.41, 5.74) is 10.8. The van der Waals surface area contributed by atoms with Crippen molar-refractivity contribution in [2.75, 3.05) is 46.6 Å². The lowest BCUT2D eigenvalue weighted by molar-refractivity contribution is 0.273. The zero-order valence-corrected chi connectivity index (χ0v) is 20.7. The standard InChI is InChI=1S/C27H32N6O2/c1-5-35-21-8-10-24-23(16-21)27(28)22-9-6-20(15-25(22)29-24)31-30-19-7-11-26(34)18(14-19)17-33(4)13-12-32(2)3/h6-11,14-16,34H,5,12-13,17H2,1-4H3,(H2,28,29)/b31-30+. The number of hydrogen-bond acceptors (Lipinski definition) is 8. The molecule has 0 saturated heterocycles. The Morgan fingerprint density at radius 1 is 0.886 bits per heavy atom. The number of nitrogen functional groups attached to an aromatic ring is 1. The molecule has 1 heterocycles. The first-order valence-electron chi connectivity index (χ1n) is 11.7. The predicted molar refractivity (Wildman–Crippen MR) is 142 cm³/mol. The third-order valence-corrected chi connectivity index (χ3v) is 5.79. The van der Waals surface area contributed by atoms with Crippen LogP contribution in [0.2, 0.25) is 0 Å². The highest BCUT2D eigenvalue weighted by Gasteiger charge is 2.10. The molecule has 35 heavy (non-hydrogen) atoms. The highest BCUT2D eigenvalue weighted by molar-refractivity contribution is 6.07. The number of rotatable bonds is 9. The summed E-state index contributed by atoms with van der Waals surface area (Å²) in [4.78, 5) is 9.06. The summed E-state index contributed by atoms with van der Waals surface area (Å²) in [5.74, 6) is 1.03. The van der Waals surface area contributed by atoms with Gasteiger partial charge in [0.1, 0.15) is 11.5 Å². The van der Waals surface area contributed by atoms with Crippen molar-refractivity contribution in [2.24, 2.45) is 10.2 Å². The SMILES string of the molecule is CCOc1ccc2nc3cc(/N=N/c4ccc(O)c(CN(C)CCN(C)C)c4)ccc3c(N)c2c1. The van der Waals surface area contributed by atoms with Crippen molar-refractivity contribution in [1.29, 1.82) is 0 Å². The van der Waals surface area contributed by atoms with Crippen molar-refractivity contribution >= 4 is 38.9 Å². The summed E-state index contributed by atoms with van der Waals surface area (Å²) in [7, 11) is 6.12. The van der Waals surface area contributed by atoms with Gasteiger partial charge in [-0.15, -0.1) is 0 Å². The van der Waals surface area contributed by atoms with Crippen molar-refractivity contribution in [3.8, 4) is 11.5 Å². The maximum absolute atomic E-state index is 10.3. The molecule has 0 unspecified atom stereocenters. The molecule has 0 spiro atoms. The van der Waals surface area contributed by atoms with E-state index in [1.165, 1.54) is 0 Å². The summed E-state index contributed by atoms with van der Waals surface area (Å²) >= 11 is 0. The number of phenolic OH excluding ortho intramolecular Hbond substituents is 1. The van der Waals surface area contributed by atoms with Crippen LogP contribution in [-0.4, -0.2) is 60.7 Å². The van der Waals surface area contributed by atoms with E-state index >= 15 is 0 Å². The molecule has 0 atom stereocenters. The third kappa shape index (κ3) is 5.85. The van der Waals surface area contributed by atoms with Crippen LogP contribution in [0.25, 0.3) is 21.8 Å². The molecule has 1 aromatic heterocycles. The summed E-state index contributed by atoms with van der Waals surface area (Å²) < 4.78 is 5.60. The second kappa shape index (κ2) is 10.7. The minimum atomic E-state index is 0.255. The molecular weight excluding hydrogens is 440 g/mol. The molecule has 0 aliphatic rings. The predicted octanol–water partition coefficient (Wildman–Crippen LogP) is 5.48. The Balaban J connectivity index is 1.57. The number of pyridine rings is 1. The zero-order valence-electron chi connectivity index (χ0n) is 20.7. The fraction of sp³-hybridized carbons (Fsp3) is 0.296. The Kier molecular flexibility index (Phi) is 7.43. The minimum Gasteiger partial charge on any atom is -0.508 e. The number of ether oxygens (including phenoxy) is 1. The van der Waals surface area contributed by atoms with Gasteiger partial charge in [0.05, 0.1) is 34.7 Å². The van der Waals surface area contributed by atoms with Crippen LogP contribution < -0.4 is 10.5 Å². The smallest absolute Gasteiger partial charge is 0.120 e. The Hall–Kier alpha value is -3.75. The second-order valence-electron chi connectivity index (χ2n) is 8.89. The van der Waals surface area contributed by atoms with Crippen molar-refractivity contribution in [3.05, 3.63) is 60.2 Å². The normalized spacial score (nSPS) is 11.9. The molecule has 3 aromatic carbocycles. The molecule has 0 radical (unpaired) electrons. The molecule has 0 amide bonds. The second-order valence-corrected chi connectivity index (χ2v) is 8.89. The van der Waals surface area contributed by atoms with E-state index in [4.69, 9.17) is 15.5 Å². The van der Waals surface area contributed by atoms with Crippen molar-refractivity contribution in [1.82, 2.24) is 14.8 Å². The van der Waals surface area contributed by atoms with Gasteiger partial charge in [0.15, 0.2) is 0 Å². The minimum absolute atomic E-state index is 0.255. The highest BCUT2D eigenvalue weighted by atomic mass is 16.5. The van der Waals surface area contributed by atoms with Crippen LogP contribution in [0.15, 0.2) is 64.8 Å². The van der Waals surface area contributed by atoms with Gasteiger partial charge in [-0.25, -0.2) is 4.98 Å². The molecule has 4 aromatic rings. The van der Waals surface area contributed by atoms with E-state index in [0.29, 0.717) is 30.2 Å². The average Bonchev–Trinajstić information content (AvgIpc) is 2.84. The molecular formula is C27H32N6O2. The maximum atomic E-state index is 10.3. The van der Waals surface area contributed by atoms with Gasteiger partial charge in [-0.05, 0) is 82.7 Å². The number of likely N-dealkylation sites (N-methyl/N-ethyl adjacent to an activating group) is 2. The Bertz CT molecular complexity index is 1370. The summed E-state index contributed by atoms with van der Waals surface area (Å²) in [6, 6.07) is 16.7. The number of nitrogens with two attached hydrogens (primary N) is 1. The van der Waals surface area contributed by atoms with Crippen LogP contribution in [0.5, 0.6) is 11.5 Å². The number of azo groups is 1. The van der Waals surface area contributed by atoms with Crippen molar-refractivity contribution in [3.63, 3.8) is 0 Å². The molecule has 0 aliphatic carbocycles. The number of nitrogens with zero attached hydrogens (tertiary/aromatic N) is 5. The van der Waals surface area contributed by atoms with E-state index < -0.39 is 0 Å². The summed E-state index contributed by atoms with van der Waals surface area (Å²) in [6.07, 6.45) is 0. The molecule has 0 saturated carbocycles. The van der Waals surface area contributed by atoms with Gasteiger partial charge in [-0.1, -0.05) is 0 Å².